The van der Waals surface area contributed by atoms with Gasteiger partial charge in [0.15, 0.2) is 11.5 Å². The van der Waals surface area contributed by atoms with Gasteiger partial charge in [-0.3, -0.25) is 0 Å². The van der Waals surface area contributed by atoms with E-state index in [2.05, 4.69) is 71.0 Å². The van der Waals surface area contributed by atoms with Gasteiger partial charge in [-0.05, 0) is 284 Å². The van der Waals surface area contributed by atoms with E-state index in [0.717, 1.165) is 182 Å². The van der Waals surface area contributed by atoms with E-state index in [-0.39, 0.29) is 96.5 Å². The number of rotatable bonds is 17. The number of carbonyl (C=O) groups excluding carboxylic acids is 1. The van der Waals surface area contributed by atoms with Gasteiger partial charge in [-0.1, -0.05) is 77.1 Å². The summed E-state index contributed by atoms with van der Waals surface area (Å²) in [4.78, 5) is 11.9. The molecule has 1 heterocycles. The molecule has 120 heavy (non-hydrogen) atoms. The summed E-state index contributed by atoms with van der Waals surface area (Å²) in [5.41, 5.74) is 29.1. The molecule has 20 nitrogen and oxygen atoms in total. The van der Waals surface area contributed by atoms with Crippen molar-refractivity contribution in [3.05, 3.63) is 244 Å². The normalized spacial score (nSPS) is 16.5. The summed E-state index contributed by atoms with van der Waals surface area (Å²) in [5, 5.41) is 97.3. The Hall–Kier alpha value is -10.4. The summed E-state index contributed by atoms with van der Waals surface area (Å²) in [5.74, 6) is 6.90. The summed E-state index contributed by atoms with van der Waals surface area (Å²) >= 11 is 0. The number of aliphatic hydroxyl groups is 10. The Morgan fingerprint density at radius 3 is 0.983 bits per heavy atom. The van der Waals surface area contributed by atoms with Gasteiger partial charge in [0, 0.05) is 55.6 Å². The van der Waals surface area contributed by atoms with Crippen LogP contribution in [0.3, 0.4) is 0 Å². The van der Waals surface area contributed by atoms with Crippen molar-refractivity contribution in [2.45, 2.75) is 194 Å². The molecule has 0 unspecified atom stereocenters. The van der Waals surface area contributed by atoms with Crippen molar-refractivity contribution >= 4 is 5.97 Å². The molecule has 0 saturated heterocycles. The maximum Gasteiger partial charge on any atom is 0.337 e. The lowest BCUT2D eigenvalue weighted by molar-refractivity contribution is 0.0600. The highest BCUT2D eigenvalue weighted by Crippen LogP contribution is 2.52. The van der Waals surface area contributed by atoms with Crippen molar-refractivity contribution in [2.24, 2.45) is 0 Å². The van der Waals surface area contributed by atoms with Crippen LogP contribution in [0.15, 0.2) is 121 Å². The number of methoxy groups -OCH3 is 7. The third-order valence-electron chi connectivity index (χ3n) is 25.1. The van der Waals surface area contributed by atoms with Crippen LogP contribution in [0.4, 0.5) is 4.39 Å². The largest absolute Gasteiger partial charge is 0.497 e. The molecule has 10 N–H and O–H groups in total. The van der Waals surface area contributed by atoms with Crippen LogP contribution < -0.4 is 37.9 Å². The molecule has 16 rings (SSSR count). The zero-order valence-corrected chi connectivity index (χ0v) is 70.7. The zero-order chi connectivity index (χ0) is 85.9. The van der Waals surface area contributed by atoms with Crippen LogP contribution in [0.25, 0.3) is 55.6 Å². The zero-order valence-electron chi connectivity index (χ0n) is 70.7. The Bertz CT molecular complexity index is 5380. The minimum Gasteiger partial charge on any atom is -0.497 e. The molecule has 0 saturated carbocycles. The fourth-order valence-corrected chi connectivity index (χ4v) is 18.6. The van der Waals surface area contributed by atoms with Crippen molar-refractivity contribution < 1.29 is 103 Å². The Balaban J connectivity index is 0.000000138. The van der Waals surface area contributed by atoms with Crippen molar-refractivity contribution in [1.82, 2.24) is 0 Å². The number of hydrogen-bond acceptors (Lipinski definition) is 20. The van der Waals surface area contributed by atoms with Gasteiger partial charge in [0.2, 0.25) is 6.79 Å². The van der Waals surface area contributed by atoms with Crippen LogP contribution in [0.5, 0.6) is 46.0 Å². The maximum atomic E-state index is 13.7. The van der Waals surface area contributed by atoms with E-state index in [4.69, 9.17) is 42.6 Å². The number of fused-ring (bicyclic) bond motifs is 16. The van der Waals surface area contributed by atoms with E-state index >= 15 is 0 Å². The molecule has 10 aromatic carbocycles. The molecule has 0 aromatic heterocycles. The monoisotopic (exact) mass is 1640 g/mol. The van der Waals surface area contributed by atoms with Crippen LogP contribution >= 0.6 is 0 Å². The van der Waals surface area contributed by atoms with Crippen molar-refractivity contribution in [1.29, 1.82) is 0 Å². The van der Waals surface area contributed by atoms with Gasteiger partial charge in [-0.15, -0.1) is 0 Å². The SMILES string of the molecule is COC(=O)c1ccc2c(c1)[C@@H](C)CCc1c-2cc(CO)c(CO)c1OC.COc1c(CO)c(CO)cc2c1CC[C@H](C)c1cc(F)ccc1-2.COc1c(CO)c(CO)cc2c1CC[C@H](C)c1cc3c(cc1-2)OCO3.COc1c(CO)c(CO)cc2c1CC[C@H](C)c1ccccc1-2.COc1ccc2c(c1)[C@@H](C)CCc1c-2cc(CO)c(CO)c1OC. The van der Waals surface area contributed by atoms with E-state index < -0.39 is 0 Å². The molecular weight excluding hydrogens is 1530 g/mol. The molecule has 1 aliphatic heterocycles. The maximum absolute atomic E-state index is 13.7. The standard InChI is InChI=1S/C21H24O5.C20H22O5.C20H24O4.C19H21FO3.C19H22O3/c1-12-4-6-16-18(9-14(10-22)19(11-23)20(16)25-2)15-7-5-13(8-17(12)15)21(24)26-3;1-11-3-4-13-15(5-12(8-21)17(9-22)20(13)23-2)16-7-19-18(6-14(11)16)24-10-25-19;1-12-4-6-16-18(15-7-5-14(23-2)9-17(12)15)8-13(10-21)19(11-22)20(16)24-3;1-11-3-5-15-17(14-6-4-13(20)8-16(11)14)7-12(9-21)18(10-22)19(15)23-2;1-12-7-8-16-17(15-6-4-3-5-14(12)15)9-13(10-20)18(11-21)19(16)22-2/h5,7-9,12,22-23H,4,6,10-11H2,1-3H3;5-7,11,21-22H,3-4,8-10H2,1-2H3;5,7-9,12,21-22H,4,6,10-11H2,1-3H3;4,6-8,11,21-22H,3,5,9-10H2,1-2H3;3-6,9,12,20-21H,7-8,10-11H2,1-2H3/t12-;11-;12-;11-;12-/m00000/s1. The molecule has 5 aliphatic carbocycles. The average molecular weight is 1640 g/mol. The first kappa shape index (κ1) is 88.9. The predicted molar refractivity (Wildman–Crippen MR) is 459 cm³/mol. The third-order valence-corrected chi connectivity index (χ3v) is 25.1. The molecule has 21 heteroatoms. The van der Waals surface area contributed by atoms with Crippen molar-refractivity contribution in [3.63, 3.8) is 0 Å². The van der Waals surface area contributed by atoms with Gasteiger partial charge in [-0.2, -0.15) is 0 Å². The second-order valence-electron chi connectivity index (χ2n) is 31.5. The van der Waals surface area contributed by atoms with Crippen LogP contribution in [-0.2, 0) is 103 Å². The van der Waals surface area contributed by atoms with Gasteiger partial charge in [0.05, 0.1) is 121 Å². The second-order valence-corrected chi connectivity index (χ2v) is 31.5. The Kier molecular flexibility index (Phi) is 29.5. The van der Waals surface area contributed by atoms with E-state index in [0.29, 0.717) is 96.4 Å². The number of esters is 1. The molecular formula is C99H113FO20. The Morgan fingerprint density at radius 2 is 0.633 bits per heavy atom. The molecule has 0 amide bonds. The van der Waals surface area contributed by atoms with E-state index in [1.165, 1.54) is 35.4 Å². The lowest BCUT2D eigenvalue weighted by atomic mass is 9.89. The number of benzene rings is 10. The Morgan fingerprint density at radius 1 is 0.325 bits per heavy atom. The molecule has 0 fully saturated rings. The van der Waals surface area contributed by atoms with Crippen LogP contribution in [-0.4, -0.2) is 114 Å². The van der Waals surface area contributed by atoms with E-state index in [1.54, 1.807) is 60.9 Å². The lowest BCUT2D eigenvalue weighted by Gasteiger charge is -2.19. The van der Waals surface area contributed by atoms with E-state index in [9.17, 15) is 60.3 Å². The highest BCUT2D eigenvalue weighted by molar-refractivity contribution is 5.91. The number of halogens is 1. The highest BCUT2D eigenvalue weighted by Gasteiger charge is 2.34. The second kappa shape index (κ2) is 39.9. The fraction of sp³-hybridized carbons (Fsp3) is 0.384. The van der Waals surface area contributed by atoms with Gasteiger partial charge in [-0.25, -0.2) is 9.18 Å². The van der Waals surface area contributed by atoms with Gasteiger partial charge < -0.3 is 93.7 Å². The highest BCUT2D eigenvalue weighted by atomic mass is 19.1. The molecule has 5 atom stereocenters. The van der Waals surface area contributed by atoms with Crippen molar-refractivity contribution in [3.8, 4) is 102 Å². The minimum absolute atomic E-state index is 0.0999. The summed E-state index contributed by atoms with van der Waals surface area (Å²) in [6.45, 7) is 9.64. The van der Waals surface area contributed by atoms with Crippen molar-refractivity contribution in [2.75, 3.05) is 56.6 Å². The number of hydrogen-bond donors (Lipinski definition) is 10. The van der Waals surface area contributed by atoms with Crippen LogP contribution in [0, 0.1) is 5.82 Å². The third kappa shape index (κ3) is 17.5. The summed E-state index contributed by atoms with van der Waals surface area (Å²) < 4.78 is 63.1. The van der Waals surface area contributed by atoms with Crippen LogP contribution in [0.2, 0.25) is 0 Å². The summed E-state index contributed by atoms with van der Waals surface area (Å²) in [7, 11) is 11.1. The quantitative estimate of drug-likeness (QED) is 0.0379. The first-order valence-corrected chi connectivity index (χ1v) is 41.1. The lowest BCUT2D eigenvalue weighted by Crippen LogP contribution is -2.05. The summed E-state index contributed by atoms with van der Waals surface area (Å²) in [6, 6.07) is 38.9. The van der Waals surface area contributed by atoms with Gasteiger partial charge in [0.1, 0.15) is 40.3 Å². The predicted octanol–water partition coefficient (Wildman–Crippen LogP) is 16.6. The summed E-state index contributed by atoms with van der Waals surface area (Å²) in [6.07, 6.45) is 8.99. The minimum atomic E-state index is -0.353. The molecule has 0 radical (unpaired) electrons. The van der Waals surface area contributed by atoms with E-state index in [1.807, 2.05) is 60.7 Å². The van der Waals surface area contributed by atoms with Gasteiger partial charge in [0.25, 0.3) is 0 Å². The van der Waals surface area contributed by atoms with Gasteiger partial charge >= 0.3 is 5.97 Å². The smallest absolute Gasteiger partial charge is 0.337 e. The molecule has 636 valence electrons. The fourth-order valence-electron chi connectivity index (χ4n) is 18.6. The number of carbonyl (C=O) groups is 1. The molecule has 0 spiro atoms. The molecule has 0 bridgehead atoms. The number of ether oxygens (including phenoxy) is 9. The van der Waals surface area contributed by atoms with Crippen LogP contribution in [0.1, 0.15) is 218 Å². The first-order chi connectivity index (χ1) is 58.2. The molecule has 6 aliphatic rings. The Labute approximate surface area is 701 Å². The average Bonchev–Trinajstić information content (AvgIpc) is 1.57. The number of aliphatic hydroxyl groups excluding tert-OH is 10. The topological polar surface area (TPSA) is 302 Å². The molecule has 10 aromatic rings. The first-order valence-electron chi connectivity index (χ1n) is 41.1.